The lowest BCUT2D eigenvalue weighted by Gasteiger charge is -1.97. The van der Waals surface area contributed by atoms with E-state index in [9.17, 15) is 0 Å². The van der Waals surface area contributed by atoms with Crippen LogP contribution in [0.25, 0.3) is 0 Å². The normalized spacial score (nSPS) is 8.85. The maximum Gasteiger partial charge on any atom is 0.118 e. The first-order valence-corrected chi connectivity index (χ1v) is 4.24. The molecule has 3 N–H and O–H groups in total. The van der Waals surface area contributed by atoms with Crippen LogP contribution in [0.15, 0.2) is 24.3 Å². The molecular weight excluding hydrogens is 168 g/mol. The zero-order chi connectivity index (χ0) is 10.1. The minimum absolute atomic E-state index is 0.125. The molecule has 1 aromatic rings. The van der Waals surface area contributed by atoms with Gasteiger partial charge < -0.3 is 15.3 Å². The van der Waals surface area contributed by atoms with E-state index >= 15 is 0 Å². The van der Waals surface area contributed by atoms with Gasteiger partial charge in [0.15, 0.2) is 0 Å². The van der Waals surface area contributed by atoms with E-state index in [-0.39, 0.29) is 13.2 Å². The number of phenols is 1. The van der Waals surface area contributed by atoms with Crippen molar-refractivity contribution in [2.24, 2.45) is 0 Å². The smallest absolute Gasteiger partial charge is 0.118 e. The van der Waals surface area contributed by atoms with E-state index in [0.29, 0.717) is 5.75 Å². The molecule has 0 unspecified atom stereocenters. The number of hydrogen-bond acceptors (Lipinski definition) is 3. The number of para-hydroxylation sites is 1. The Kier molecular flexibility index (Phi) is 6.96. The molecule has 0 aliphatic heterocycles. The highest BCUT2D eigenvalue weighted by molar-refractivity contribution is 5.31. The van der Waals surface area contributed by atoms with Gasteiger partial charge in [-0.2, -0.15) is 0 Å². The molecular formula is C10H16O3. The molecule has 0 radical (unpaired) electrons. The lowest BCUT2D eigenvalue weighted by Crippen LogP contribution is -1.85. The van der Waals surface area contributed by atoms with Crippen molar-refractivity contribution in [2.75, 3.05) is 13.2 Å². The van der Waals surface area contributed by atoms with Crippen LogP contribution in [0, 0.1) is 0 Å². The predicted octanol–water partition coefficient (Wildman–Crippen LogP) is 0.926. The van der Waals surface area contributed by atoms with Crippen LogP contribution in [-0.2, 0) is 6.42 Å². The molecule has 0 spiro atoms. The summed E-state index contributed by atoms with van der Waals surface area (Å²) >= 11 is 0. The van der Waals surface area contributed by atoms with Crippen LogP contribution < -0.4 is 0 Å². The molecule has 1 rings (SSSR count). The monoisotopic (exact) mass is 184 g/mol. The van der Waals surface area contributed by atoms with Crippen LogP contribution in [0.2, 0.25) is 0 Å². The van der Waals surface area contributed by atoms with Gasteiger partial charge in [-0.05, 0) is 18.1 Å². The summed E-state index contributed by atoms with van der Waals surface area (Å²) in [5.74, 6) is 0.403. The summed E-state index contributed by atoms with van der Waals surface area (Å²) in [6, 6.07) is 7.39. The zero-order valence-corrected chi connectivity index (χ0v) is 7.77. The number of benzene rings is 1. The van der Waals surface area contributed by atoms with Crippen LogP contribution in [0.4, 0.5) is 0 Å². The van der Waals surface area contributed by atoms with Crippen molar-refractivity contribution < 1.29 is 15.3 Å². The highest BCUT2D eigenvalue weighted by Gasteiger charge is 1.92. The van der Waals surface area contributed by atoms with Gasteiger partial charge in [0.05, 0.1) is 13.2 Å². The summed E-state index contributed by atoms with van der Waals surface area (Å²) in [5.41, 5.74) is 1.01. The number of rotatable bonds is 2. The Balaban J connectivity index is 0.000000310. The molecule has 0 bridgehead atoms. The number of aliphatic hydroxyl groups excluding tert-OH is 2. The predicted molar refractivity (Wildman–Crippen MR) is 51.7 cm³/mol. The third-order valence-electron chi connectivity index (χ3n) is 1.47. The summed E-state index contributed by atoms with van der Waals surface area (Å²) in [6.45, 7) is 1.77. The molecule has 0 amide bonds. The lowest BCUT2D eigenvalue weighted by molar-refractivity contribution is 0.186. The second-order valence-corrected chi connectivity index (χ2v) is 2.43. The zero-order valence-electron chi connectivity index (χ0n) is 7.77. The Hall–Kier alpha value is -1.06. The molecule has 74 valence electrons. The second kappa shape index (κ2) is 7.58. The number of aromatic hydroxyl groups is 1. The van der Waals surface area contributed by atoms with Crippen LogP contribution in [-0.4, -0.2) is 28.5 Å². The minimum atomic E-state index is -0.125. The molecule has 3 heteroatoms. The first-order chi connectivity index (χ1) is 6.26. The van der Waals surface area contributed by atoms with E-state index < -0.39 is 0 Å². The van der Waals surface area contributed by atoms with E-state index in [2.05, 4.69) is 0 Å². The molecule has 0 saturated carbocycles. The number of aryl methyl sites for hydroxylation is 1. The largest absolute Gasteiger partial charge is 0.508 e. The van der Waals surface area contributed by atoms with Crippen molar-refractivity contribution in [3.8, 4) is 5.75 Å². The maximum atomic E-state index is 9.11. The Morgan fingerprint density at radius 3 is 1.92 bits per heavy atom. The SMILES string of the molecule is CCc1ccccc1O.OCCO. The third kappa shape index (κ3) is 5.22. The number of phenolic OH excluding ortho intramolecular Hbond substituents is 1. The molecule has 0 saturated heterocycles. The van der Waals surface area contributed by atoms with Gasteiger partial charge in [0.25, 0.3) is 0 Å². The molecule has 0 fully saturated rings. The van der Waals surface area contributed by atoms with Crippen LogP contribution in [0.5, 0.6) is 5.75 Å². The van der Waals surface area contributed by atoms with Crippen molar-refractivity contribution in [2.45, 2.75) is 13.3 Å². The van der Waals surface area contributed by atoms with Crippen LogP contribution in [0.3, 0.4) is 0 Å². The van der Waals surface area contributed by atoms with Gasteiger partial charge in [0, 0.05) is 0 Å². The van der Waals surface area contributed by atoms with Crippen molar-refractivity contribution in [3.05, 3.63) is 29.8 Å². The maximum absolute atomic E-state index is 9.11. The summed E-state index contributed by atoms with van der Waals surface area (Å²) in [6.07, 6.45) is 0.896. The van der Waals surface area contributed by atoms with Crippen LogP contribution >= 0.6 is 0 Å². The van der Waals surface area contributed by atoms with Gasteiger partial charge in [-0.25, -0.2) is 0 Å². The molecule has 0 aliphatic rings. The Morgan fingerprint density at radius 2 is 1.62 bits per heavy atom. The van der Waals surface area contributed by atoms with Gasteiger partial charge in [-0.3, -0.25) is 0 Å². The molecule has 1 aromatic carbocycles. The Bertz CT molecular complexity index is 221. The summed E-state index contributed by atoms with van der Waals surface area (Å²) in [7, 11) is 0. The average Bonchev–Trinajstić information content (AvgIpc) is 2.19. The van der Waals surface area contributed by atoms with Gasteiger partial charge in [0.2, 0.25) is 0 Å². The quantitative estimate of drug-likeness (QED) is 0.640. The van der Waals surface area contributed by atoms with E-state index in [1.54, 1.807) is 6.07 Å². The first-order valence-electron chi connectivity index (χ1n) is 4.24. The van der Waals surface area contributed by atoms with Gasteiger partial charge in [-0.1, -0.05) is 25.1 Å². The molecule has 0 aromatic heterocycles. The van der Waals surface area contributed by atoms with Gasteiger partial charge in [0.1, 0.15) is 5.75 Å². The Morgan fingerprint density at radius 1 is 1.08 bits per heavy atom. The van der Waals surface area contributed by atoms with E-state index in [1.165, 1.54) is 0 Å². The molecule has 0 heterocycles. The molecule has 13 heavy (non-hydrogen) atoms. The standard InChI is InChI=1S/C8H10O.C2H6O2/c1-2-7-5-3-4-6-8(7)9;3-1-2-4/h3-6,9H,2H2,1H3;3-4H,1-2H2. The van der Waals surface area contributed by atoms with Crippen molar-refractivity contribution in [1.82, 2.24) is 0 Å². The number of hydrogen-bond donors (Lipinski definition) is 3. The Labute approximate surface area is 78.3 Å². The highest BCUT2D eigenvalue weighted by atomic mass is 16.3. The molecule has 0 atom stereocenters. The fraction of sp³-hybridized carbons (Fsp3) is 0.400. The number of aliphatic hydroxyl groups is 2. The topological polar surface area (TPSA) is 60.7 Å². The first kappa shape index (κ1) is 11.9. The molecule has 3 nitrogen and oxygen atoms in total. The third-order valence-corrected chi connectivity index (χ3v) is 1.47. The van der Waals surface area contributed by atoms with E-state index in [1.807, 2.05) is 25.1 Å². The summed E-state index contributed by atoms with van der Waals surface area (Å²) in [4.78, 5) is 0. The lowest BCUT2D eigenvalue weighted by atomic mass is 10.1. The van der Waals surface area contributed by atoms with E-state index in [0.717, 1.165) is 12.0 Å². The van der Waals surface area contributed by atoms with Crippen molar-refractivity contribution >= 4 is 0 Å². The van der Waals surface area contributed by atoms with E-state index in [4.69, 9.17) is 15.3 Å². The molecule has 0 aliphatic carbocycles. The van der Waals surface area contributed by atoms with Gasteiger partial charge >= 0.3 is 0 Å². The van der Waals surface area contributed by atoms with Gasteiger partial charge in [-0.15, -0.1) is 0 Å². The average molecular weight is 184 g/mol. The van der Waals surface area contributed by atoms with Crippen molar-refractivity contribution in [3.63, 3.8) is 0 Å². The summed E-state index contributed by atoms with van der Waals surface area (Å²) < 4.78 is 0. The van der Waals surface area contributed by atoms with Crippen molar-refractivity contribution in [1.29, 1.82) is 0 Å². The fourth-order valence-electron chi connectivity index (χ4n) is 0.810. The highest BCUT2D eigenvalue weighted by Crippen LogP contribution is 2.14. The van der Waals surface area contributed by atoms with Crippen LogP contribution in [0.1, 0.15) is 12.5 Å². The minimum Gasteiger partial charge on any atom is -0.508 e. The summed E-state index contributed by atoms with van der Waals surface area (Å²) in [5, 5.41) is 24.4. The fourth-order valence-corrected chi connectivity index (χ4v) is 0.810. The second-order valence-electron chi connectivity index (χ2n) is 2.43.